The number of rotatable bonds is 0. The van der Waals surface area contributed by atoms with Crippen LogP contribution < -0.4 is 0 Å². The van der Waals surface area contributed by atoms with Crippen molar-refractivity contribution in [1.29, 1.82) is 0 Å². The zero-order chi connectivity index (χ0) is 22.2. The van der Waals surface area contributed by atoms with Gasteiger partial charge < -0.3 is 0 Å². The molecule has 0 heterocycles. The molecule has 0 unspecified atom stereocenters. The van der Waals surface area contributed by atoms with E-state index in [9.17, 15) is 0 Å². The molecule has 0 amide bonds. The minimum Gasteiger partial charge on any atom is -0.0993 e. The van der Waals surface area contributed by atoms with Gasteiger partial charge >= 0.3 is 0 Å². The highest BCUT2D eigenvalue weighted by molar-refractivity contribution is 5.26. The van der Waals surface area contributed by atoms with Gasteiger partial charge in [-0.25, -0.2) is 0 Å². The van der Waals surface area contributed by atoms with Crippen molar-refractivity contribution >= 4 is 0 Å². The Bertz CT molecular complexity index is 676. The molecule has 0 N–H and O–H groups in total. The fourth-order valence-electron chi connectivity index (χ4n) is 7.20. The summed E-state index contributed by atoms with van der Waals surface area (Å²) in [6.45, 7) is 23.1. The second-order valence-electron chi connectivity index (χ2n) is 12.4. The molecule has 4 rings (SSSR count). The van der Waals surface area contributed by atoms with Gasteiger partial charge in [-0.2, -0.15) is 0 Å². The predicted octanol–water partition coefficient (Wildman–Crippen LogP) is 9.74. The Morgan fingerprint density at radius 2 is 0.967 bits per heavy atom. The molecule has 0 bridgehead atoms. The van der Waals surface area contributed by atoms with E-state index in [0.29, 0.717) is 21.7 Å². The van der Waals surface area contributed by atoms with E-state index in [1.807, 2.05) is 0 Å². The molecule has 2 fully saturated rings. The lowest BCUT2D eigenvalue weighted by atomic mass is 9.51. The van der Waals surface area contributed by atoms with Gasteiger partial charge in [0.1, 0.15) is 0 Å². The first-order valence-corrected chi connectivity index (χ1v) is 12.6. The Labute approximate surface area is 188 Å². The summed E-state index contributed by atoms with van der Waals surface area (Å²) < 4.78 is 0. The minimum atomic E-state index is 0.421. The molecule has 0 aromatic heterocycles. The van der Waals surface area contributed by atoms with Crippen LogP contribution in [0, 0.1) is 21.7 Å². The van der Waals surface area contributed by atoms with Crippen LogP contribution in [0.2, 0.25) is 0 Å². The van der Waals surface area contributed by atoms with Crippen LogP contribution in [0.5, 0.6) is 0 Å². The first-order chi connectivity index (χ1) is 14.0. The third kappa shape index (κ3) is 4.05. The van der Waals surface area contributed by atoms with Crippen molar-refractivity contribution < 1.29 is 0 Å². The Morgan fingerprint density at radius 3 is 1.23 bits per heavy atom. The summed E-state index contributed by atoms with van der Waals surface area (Å²) in [4.78, 5) is 0. The molecule has 0 heteroatoms. The summed E-state index contributed by atoms with van der Waals surface area (Å²) in [5, 5.41) is 0. The minimum absolute atomic E-state index is 0.421. The molecule has 30 heavy (non-hydrogen) atoms. The Kier molecular flexibility index (Phi) is 6.67. The van der Waals surface area contributed by atoms with E-state index >= 15 is 0 Å². The molecule has 4 aliphatic rings. The standard InChI is InChI=1S/2C15H24/c2*1-12-7-10-15(11-8-12)13(2)6-5-9-14(15,3)4/h2*7H,2,5-6,8-11H2,1,3-4H3/t2*15-/m11/s1. The van der Waals surface area contributed by atoms with Gasteiger partial charge in [-0.15, -0.1) is 0 Å². The summed E-state index contributed by atoms with van der Waals surface area (Å²) >= 11 is 0. The fourth-order valence-corrected chi connectivity index (χ4v) is 7.20. The summed E-state index contributed by atoms with van der Waals surface area (Å²) in [5.41, 5.74) is 7.98. The summed E-state index contributed by atoms with van der Waals surface area (Å²) in [7, 11) is 0. The van der Waals surface area contributed by atoms with Gasteiger partial charge in [0.05, 0.1) is 0 Å². The van der Waals surface area contributed by atoms with Crippen molar-refractivity contribution in [2.75, 3.05) is 0 Å². The molecule has 4 aliphatic carbocycles. The highest BCUT2D eigenvalue weighted by Crippen LogP contribution is 2.60. The van der Waals surface area contributed by atoms with E-state index in [0.717, 1.165) is 0 Å². The molecule has 168 valence electrons. The molecule has 2 saturated carbocycles. The maximum absolute atomic E-state index is 4.38. The van der Waals surface area contributed by atoms with Gasteiger partial charge in [0, 0.05) is 0 Å². The van der Waals surface area contributed by atoms with Gasteiger partial charge in [-0.3, -0.25) is 0 Å². The molecule has 0 nitrogen and oxygen atoms in total. The predicted molar refractivity (Wildman–Crippen MR) is 134 cm³/mol. The van der Waals surface area contributed by atoms with Crippen molar-refractivity contribution in [3.63, 3.8) is 0 Å². The van der Waals surface area contributed by atoms with Crippen LogP contribution in [0.15, 0.2) is 47.6 Å². The third-order valence-electron chi connectivity index (χ3n) is 10.00. The van der Waals surface area contributed by atoms with Crippen molar-refractivity contribution in [3.05, 3.63) is 47.6 Å². The number of hydrogen-bond donors (Lipinski definition) is 0. The Hall–Kier alpha value is -1.04. The maximum atomic E-state index is 4.38. The largest absolute Gasteiger partial charge is 0.0993 e. The van der Waals surface area contributed by atoms with Crippen LogP contribution in [-0.2, 0) is 0 Å². The van der Waals surface area contributed by atoms with Crippen LogP contribution in [0.1, 0.15) is 119 Å². The average Bonchev–Trinajstić information content (AvgIpc) is 2.67. The van der Waals surface area contributed by atoms with E-state index in [1.54, 1.807) is 11.1 Å². The van der Waals surface area contributed by atoms with Crippen molar-refractivity contribution in [3.8, 4) is 0 Å². The van der Waals surface area contributed by atoms with Crippen molar-refractivity contribution in [1.82, 2.24) is 0 Å². The summed E-state index contributed by atoms with van der Waals surface area (Å²) in [6, 6.07) is 0. The lowest BCUT2D eigenvalue weighted by Gasteiger charge is -2.53. The summed E-state index contributed by atoms with van der Waals surface area (Å²) in [5.74, 6) is 0. The van der Waals surface area contributed by atoms with Gasteiger partial charge in [-0.1, -0.05) is 75.3 Å². The maximum Gasteiger partial charge on any atom is -0.000212 e. The second-order valence-corrected chi connectivity index (χ2v) is 12.4. The van der Waals surface area contributed by atoms with Gasteiger partial charge in [0.2, 0.25) is 0 Å². The highest BCUT2D eigenvalue weighted by atomic mass is 14.5. The number of allylic oxidation sites excluding steroid dienone is 6. The van der Waals surface area contributed by atoms with Crippen LogP contribution >= 0.6 is 0 Å². The lowest BCUT2D eigenvalue weighted by molar-refractivity contribution is 0.0578. The molecular formula is C30H48. The second kappa shape index (κ2) is 8.48. The summed E-state index contributed by atoms with van der Waals surface area (Å²) in [6.07, 6.45) is 20.6. The molecule has 2 atom stereocenters. The monoisotopic (exact) mass is 408 g/mol. The van der Waals surface area contributed by atoms with Gasteiger partial charge in [-0.05, 0) is 113 Å². The first-order valence-electron chi connectivity index (χ1n) is 12.6. The molecule has 0 aromatic carbocycles. The molecule has 0 aliphatic heterocycles. The van der Waals surface area contributed by atoms with E-state index < -0.39 is 0 Å². The van der Waals surface area contributed by atoms with E-state index in [4.69, 9.17) is 0 Å². The van der Waals surface area contributed by atoms with Crippen LogP contribution in [0.4, 0.5) is 0 Å². The highest BCUT2D eigenvalue weighted by Gasteiger charge is 2.49. The Balaban J connectivity index is 0.000000171. The zero-order valence-electron chi connectivity index (χ0n) is 21.1. The molecular weight excluding hydrogens is 360 g/mol. The van der Waals surface area contributed by atoms with Crippen molar-refractivity contribution in [2.45, 2.75) is 119 Å². The fraction of sp³-hybridized carbons (Fsp3) is 0.733. The van der Waals surface area contributed by atoms with Crippen LogP contribution in [0.25, 0.3) is 0 Å². The smallest absolute Gasteiger partial charge is 0.000212 e. The molecule has 0 saturated heterocycles. The van der Waals surface area contributed by atoms with Crippen LogP contribution in [-0.4, -0.2) is 0 Å². The normalized spacial score (nSPS) is 35.4. The average molecular weight is 409 g/mol. The van der Waals surface area contributed by atoms with Gasteiger partial charge in [0.15, 0.2) is 0 Å². The van der Waals surface area contributed by atoms with Gasteiger partial charge in [0.25, 0.3) is 0 Å². The lowest BCUT2D eigenvalue weighted by Crippen LogP contribution is -2.43. The molecule has 0 radical (unpaired) electrons. The molecule has 0 aromatic rings. The first kappa shape index (κ1) is 23.6. The van der Waals surface area contributed by atoms with Crippen molar-refractivity contribution in [2.24, 2.45) is 21.7 Å². The van der Waals surface area contributed by atoms with E-state index in [-0.39, 0.29) is 0 Å². The zero-order valence-corrected chi connectivity index (χ0v) is 21.1. The molecule has 2 spiro atoms. The SMILES string of the molecule is C=C1CCCC(C)(C)[C@@]12CC=C(C)CC2.C=C1CCCC(C)(C)[C@@]12CC=C(C)CC2. The van der Waals surface area contributed by atoms with E-state index in [1.165, 1.54) is 88.2 Å². The Morgan fingerprint density at radius 1 is 0.600 bits per heavy atom. The van der Waals surface area contributed by atoms with Crippen LogP contribution in [0.3, 0.4) is 0 Å². The third-order valence-corrected chi connectivity index (χ3v) is 10.00. The quantitative estimate of drug-likeness (QED) is 0.350. The topological polar surface area (TPSA) is 0 Å². The van der Waals surface area contributed by atoms with E-state index in [2.05, 4.69) is 66.9 Å². The number of hydrogen-bond acceptors (Lipinski definition) is 0.